The number of nitrogens with two attached hydrogens (primary N) is 1. The van der Waals surface area contributed by atoms with Gasteiger partial charge in [0.25, 0.3) is 0 Å². The molecular formula is C29H34ClN5O4. The summed E-state index contributed by atoms with van der Waals surface area (Å²) in [6.07, 6.45) is 3.60. The number of anilines is 1. The van der Waals surface area contributed by atoms with Gasteiger partial charge in [0, 0.05) is 31.4 Å². The molecule has 2 heterocycles. The van der Waals surface area contributed by atoms with E-state index < -0.39 is 5.97 Å². The van der Waals surface area contributed by atoms with Crippen molar-refractivity contribution in [3.05, 3.63) is 59.9 Å². The van der Waals surface area contributed by atoms with Crippen LogP contribution in [-0.4, -0.2) is 57.5 Å². The van der Waals surface area contributed by atoms with Crippen molar-refractivity contribution in [2.24, 2.45) is 0 Å². The Labute approximate surface area is 232 Å². The van der Waals surface area contributed by atoms with Gasteiger partial charge >= 0.3 is 5.97 Å². The fraction of sp³-hybridized carbons (Fsp3) is 0.379. The summed E-state index contributed by atoms with van der Waals surface area (Å²) >= 11 is 5.96. The van der Waals surface area contributed by atoms with Gasteiger partial charge in [-0.15, -0.1) is 11.6 Å². The average molecular weight is 552 g/mol. The predicted octanol–water partition coefficient (Wildman–Crippen LogP) is 4.72. The molecule has 2 N–H and O–H groups in total. The smallest absolute Gasteiger partial charge is 0.343 e. The zero-order valence-electron chi connectivity index (χ0n) is 22.4. The number of alkyl halides is 1. The number of rotatable bonds is 13. The van der Waals surface area contributed by atoms with Crippen molar-refractivity contribution in [3.8, 4) is 5.75 Å². The summed E-state index contributed by atoms with van der Waals surface area (Å²) in [4.78, 5) is 35.4. The number of aryl methyl sites for hydroxylation is 2. The van der Waals surface area contributed by atoms with Gasteiger partial charge in [-0.25, -0.2) is 14.8 Å². The van der Waals surface area contributed by atoms with Crippen molar-refractivity contribution in [1.29, 1.82) is 0 Å². The van der Waals surface area contributed by atoms with Crippen LogP contribution in [0.2, 0.25) is 0 Å². The minimum absolute atomic E-state index is 0.110. The van der Waals surface area contributed by atoms with Crippen LogP contribution >= 0.6 is 11.6 Å². The van der Waals surface area contributed by atoms with Crippen LogP contribution in [0.25, 0.3) is 21.9 Å². The molecule has 0 unspecified atom stereocenters. The van der Waals surface area contributed by atoms with Gasteiger partial charge in [0.15, 0.2) is 12.4 Å². The number of para-hydroxylation sites is 1. The Bertz CT molecular complexity index is 1450. The normalized spacial score (nSPS) is 11.2. The van der Waals surface area contributed by atoms with Crippen molar-refractivity contribution in [2.45, 2.75) is 45.7 Å². The van der Waals surface area contributed by atoms with Gasteiger partial charge in [0.05, 0.1) is 18.1 Å². The van der Waals surface area contributed by atoms with E-state index in [9.17, 15) is 9.59 Å². The van der Waals surface area contributed by atoms with E-state index in [1.807, 2.05) is 42.5 Å². The lowest BCUT2D eigenvalue weighted by atomic mass is 10.1. The van der Waals surface area contributed by atoms with Gasteiger partial charge in [-0.3, -0.25) is 4.79 Å². The summed E-state index contributed by atoms with van der Waals surface area (Å²) in [7, 11) is 1.31. The second kappa shape index (κ2) is 13.3. The number of halogens is 1. The van der Waals surface area contributed by atoms with E-state index in [1.165, 1.54) is 7.11 Å². The van der Waals surface area contributed by atoms with Crippen molar-refractivity contribution in [2.75, 3.05) is 31.9 Å². The number of nitrogen functional groups attached to an aromatic ring is 1. The van der Waals surface area contributed by atoms with Crippen LogP contribution in [0.5, 0.6) is 5.75 Å². The molecule has 0 aliphatic carbocycles. The Hall–Kier alpha value is -3.85. The van der Waals surface area contributed by atoms with Gasteiger partial charge in [-0.2, -0.15) is 0 Å². The number of ether oxygens (including phenoxy) is 2. The fourth-order valence-corrected chi connectivity index (χ4v) is 4.79. The van der Waals surface area contributed by atoms with Gasteiger partial charge in [-0.05, 0) is 36.6 Å². The lowest BCUT2D eigenvalue weighted by Crippen LogP contribution is -2.33. The molecule has 1 amide bonds. The standard InChI is InChI=1S/C29H34ClN5O4/c1-3-4-13-24-33-27-28(22-11-5-6-12-23(22)32-29(27)31)35(24)15-8-14-34(25(36)17-30)18-20-9-7-10-21(16-20)39-19-26(37)38-2/h5-7,9-12,16H,3-4,8,13-15,17-19H2,1-2H3,(H2,31,32). The molecule has 9 nitrogen and oxygen atoms in total. The first-order valence-corrected chi connectivity index (χ1v) is 13.6. The molecule has 0 spiro atoms. The summed E-state index contributed by atoms with van der Waals surface area (Å²) in [5, 5.41) is 1.01. The molecule has 2 aromatic heterocycles. The molecule has 4 rings (SSSR count). The third kappa shape index (κ3) is 6.78. The summed E-state index contributed by atoms with van der Waals surface area (Å²) in [6, 6.07) is 15.2. The van der Waals surface area contributed by atoms with Crippen LogP contribution in [0.4, 0.5) is 5.82 Å². The Morgan fingerprint density at radius 1 is 1.10 bits per heavy atom. The first-order chi connectivity index (χ1) is 18.9. The molecule has 0 aliphatic rings. The minimum atomic E-state index is -0.463. The summed E-state index contributed by atoms with van der Waals surface area (Å²) in [5.74, 6) is 1.20. The SMILES string of the molecule is CCCCc1nc2c(N)nc3ccccc3c2n1CCCN(Cc1cccc(OCC(=O)OC)c1)C(=O)CCl. The first kappa shape index (κ1) is 28.2. The molecule has 206 valence electrons. The third-order valence-corrected chi connectivity index (χ3v) is 6.80. The van der Waals surface area contributed by atoms with Gasteiger partial charge < -0.3 is 24.7 Å². The van der Waals surface area contributed by atoms with Crippen molar-refractivity contribution < 1.29 is 19.1 Å². The molecule has 0 saturated carbocycles. The van der Waals surface area contributed by atoms with Crippen molar-refractivity contribution in [1.82, 2.24) is 19.4 Å². The lowest BCUT2D eigenvalue weighted by molar-refractivity contribution is -0.142. The Morgan fingerprint density at radius 3 is 2.69 bits per heavy atom. The number of unbranched alkanes of at least 4 members (excludes halogenated alkanes) is 1. The van der Waals surface area contributed by atoms with Gasteiger partial charge in [0.1, 0.15) is 23.0 Å². The highest BCUT2D eigenvalue weighted by molar-refractivity contribution is 6.27. The number of aromatic nitrogens is 3. The number of benzene rings is 2. The first-order valence-electron chi connectivity index (χ1n) is 13.1. The van der Waals surface area contributed by atoms with Crippen LogP contribution < -0.4 is 10.5 Å². The number of hydrogen-bond donors (Lipinski definition) is 1. The second-order valence-corrected chi connectivity index (χ2v) is 9.58. The second-order valence-electron chi connectivity index (χ2n) is 9.31. The van der Waals surface area contributed by atoms with E-state index in [-0.39, 0.29) is 18.4 Å². The average Bonchev–Trinajstić information content (AvgIpc) is 3.33. The molecule has 0 atom stereocenters. The highest BCUT2D eigenvalue weighted by Gasteiger charge is 2.18. The highest BCUT2D eigenvalue weighted by atomic mass is 35.5. The molecule has 39 heavy (non-hydrogen) atoms. The highest BCUT2D eigenvalue weighted by Crippen LogP contribution is 2.29. The number of hydrogen-bond acceptors (Lipinski definition) is 7. The molecule has 2 aromatic carbocycles. The number of carbonyl (C=O) groups excluding carboxylic acids is 2. The molecule has 4 aromatic rings. The van der Waals surface area contributed by atoms with Gasteiger partial charge in [-0.1, -0.05) is 43.7 Å². The number of methoxy groups -OCH3 is 1. The van der Waals surface area contributed by atoms with Crippen LogP contribution in [0.3, 0.4) is 0 Å². The maximum absolute atomic E-state index is 12.7. The van der Waals surface area contributed by atoms with E-state index >= 15 is 0 Å². The fourth-order valence-electron chi connectivity index (χ4n) is 4.62. The predicted molar refractivity (Wildman–Crippen MR) is 153 cm³/mol. The number of carbonyl (C=O) groups is 2. The molecule has 0 radical (unpaired) electrons. The molecule has 0 aliphatic heterocycles. The molecule has 0 bridgehead atoms. The number of esters is 1. The topological polar surface area (TPSA) is 113 Å². The summed E-state index contributed by atoms with van der Waals surface area (Å²) in [6.45, 7) is 3.51. The van der Waals surface area contributed by atoms with Crippen LogP contribution in [-0.2, 0) is 33.8 Å². The van der Waals surface area contributed by atoms with E-state index in [0.29, 0.717) is 37.6 Å². The van der Waals surface area contributed by atoms with Crippen LogP contribution in [0.1, 0.15) is 37.6 Å². The number of fused-ring (bicyclic) bond motifs is 3. The maximum Gasteiger partial charge on any atom is 0.343 e. The van der Waals surface area contributed by atoms with Crippen LogP contribution in [0.15, 0.2) is 48.5 Å². The monoisotopic (exact) mass is 551 g/mol. The zero-order chi connectivity index (χ0) is 27.8. The molecule has 10 heteroatoms. The number of nitrogens with zero attached hydrogens (tertiary/aromatic N) is 4. The number of amides is 1. The zero-order valence-corrected chi connectivity index (χ0v) is 23.1. The number of imidazole rings is 1. The Balaban J connectivity index is 1.54. The lowest BCUT2D eigenvalue weighted by Gasteiger charge is -2.23. The largest absolute Gasteiger partial charge is 0.482 e. The van der Waals surface area contributed by atoms with E-state index in [4.69, 9.17) is 27.1 Å². The molecule has 0 saturated heterocycles. The van der Waals surface area contributed by atoms with E-state index in [2.05, 4.69) is 21.2 Å². The number of pyridine rings is 1. The van der Waals surface area contributed by atoms with Gasteiger partial charge in [0.2, 0.25) is 5.91 Å². The summed E-state index contributed by atoms with van der Waals surface area (Å²) < 4.78 is 12.4. The third-order valence-electron chi connectivity index (χ3n) is 6.58. The van der Waals surface area contributed by atoms with E-state index in [0.717, 1.165) is 52.6 Å². The van der Waals surface area contributed by atoms with Crippen LogP contribution in [0, 0.1) is 0 Å². The minimum Gasteiger partial charge on any atom is -0.482 e. The Morgan fingerprint density at radius 2 is 1.92 bits per heavy atom. The summed E-state index contributed by atoms with van der Waals surface area (Å²) in [5.41, 5.74) is 9.73. The molecule has 0 fully saturated rings. The van der Waals surface area contributed by atoms with Crippen molar-refractivity contribution in [3.63, 3.8) is 0 Å². The quantitative estimate of drug-likeness (QED) is 0.189. The van der Waals surface area contributed by atoms with Crippen molar-refractivity contribution >= 4 is 51.2 Å². The Kier molecular flexibility index (Phi) is 9.59. The maximum atomic E-state index is 12.7. The molecular weight excluding hydrogens is 518 g/mol. The van der Waals surface area contributed by atoms with E-state index in [1.54, 1.807) is 11.0 Å².